The van der Waals surface area contributed by atoms with Crippen molar-refractivity contribution in [2.24, 2.45) is 0 Å². The van der Waals surface area contributed by atoms with Crippen molar-refractivity contribution in [2.75, 3.05) is 13.4 Å². The Balaban J connectivity index is 1.85. The fourth-order valence-corrected chi connectivity index (χ4v) is 3.22. The molecular formula is C14H20FNOS. The Bertz CT molecular complexity index is 399. The highest BCUT2D eigenvalue weighted by Crippen LogP contribution is 2.28. The van der Waals surface area contributed by atoms with E-state index in [0.717, 1.165) is 17.4 Å². The summed E-state index contributed by atoms with van der Waals surface area (Å²) in [6.07, 6.45) is 5.91. The number of nitrogens with one attached hydrogen (secondary N) is 1. The van der Waals surface area contributed by atoms with Crippen LogP contribution in [0.1, 0.15) is 24.8 Å². The summed E-state index contributed by atoms with van der Waals surface area (Å²) in [5.74, 6) is 0.0206. The molecule has 0 saturated heterocycles. The highest BCUT2D eigenvalue weighted by Gasteiger charge is 2.23. The van der Waals surface area contributed by atoms with Gasteiger partial charge in [0.15, 0.2) is 11.6 Å². The molecule has 1 aliphatic rings. The summed E-state index contributed by atoms with van der Waals surface area (Å²) in [6, 6.07) is 5.72. The molecule has 18 heavy (non-hydrogen) atoms. The quantitative estimate of drug-likeness (QED) is 0.887. The number of methoxy groups -OCH3 is 1. The highest BCUT2D eigenvalue weighted by atomic mass is 32.2. The third kappa shape index (κ3) is 3.39. The maximum Gasteiger partial charge on any atom is 0.165 e. The maximum absolute atomic E-state index is 13.5. The van der Waals surface area contributed by atoms with Gasteiger partial charge in [0.05, 0.1) is 7.11 Å². The molecule has 2 rings (SSSR count). The van der Waals surface area contributed by atoms with Crippen LogP contribution in [0.4, 0.5) is 4.39 Å². The summed E-state index contributed by atoms with van der Waals surface area (Å²) in [5, 5.41) is 4.29. The van der Waals surface area contributed by atoms with Crippen molar-refractivity contribution in [3.8, 4) is 5.75 Å². The Morgan fingerprint density at radius 3 is 2.89 bits per heavy atom. The first-order valence-corrected chi connectivity index (χ1v) is 7.60. The van der Waals surface area contributed by atoms with Crippen molar-refractivity contribution in [3.05, 3.63) is 29.6 Å². The number of hydrogen-bond donors (Lipinski definition) is 1. The Hall–Kier alpha value is -0.740. The summed E-state index contributed by atoms with van der Waals surface area (Å²) in [5.41, 5.74) is 0.973. The fraction of sp³-hybridized carbons (Fsp3) is 0.571. The molecule has 4 heteroatoms. The number of ether oxygens (including phenoxy) is 1. The zero-order valence-corrected chi connectivity index (χ0v) is 11.7. The smallest absolute Gasteiger partial charge is 0.165 e. The van der Waals surface area contributed by atoms with Crippen molar-refractivity contribution in [1.29, 1.82) is 0 Å². The molecule has 0 heterocycles. The number of hydrogen-bond acceptors (Lipinski definition) is 3. The van der Waals surface area contributed by atoms with Gasteiger partial charge in [-0.05, 0) is 43.2 Å². The lowest BCUT2D eigenvalue weighted by atomic mass is 10.2. The van der Waals surface area contributed by atoms with Gasteiger partial charge in [-0.15, -0.1) is 0 Å². The molecular weight excluding hydrogens is 249 g/mol. The summed E-state index contributed by atoms with van der Waals surface area (Å²) in [7, 11) is 1.48. The van der Waals surface area contributed by atoms with E-state index < -0.39 is 0 Å². The molecule has 1 fully saturated rings. The largest absolute Gasteiger partial charge is 0.494 e. The van der Waals surface area contributed by atoms with Crippen molar-refractivity contribution >= 4 is 11.8 Å². The monoisotopic (exact) mass is 269 g/mol. The lowest BCUT2D eigenvalue weighted by Gasteiger charge is -2.13. The average Bonchev–Trinajstić information content (AvgIpc) is 2.84. The molecule has 1 aliphatic carbocycles. The van der Waals surface area contributed by atoms with Gasteiger partial charge in [-0.3, -0.25) is 0 Å². The van der Waals surface area contributed by atoms with E-state index >= 15 is 0 Å². The average molecular weight is 269 g/mol. The third-order valence-corrected chi connectivity index (χ3v) is 4.62. The van der Waals surface area contributed by atoms with Crippen LogP contribution in [-0.2, 0) is 6.54 Å². The topological polar surface area (TPSA) is 21.3 Å². The first kappa shape index (κ1) is 13.7. The predicted octanol–water partition coefficient (Wildman–Crippen LogP) is 3.21. The first-order valence-electron chi connectivity index (χ1n) is 6.31. The number of rotatable bonds is 5. The van der Waals surface area contributed by atoms with E-state index in [2.05, 4.69) is 11.6 Å². The van der Waals surface area contributed by atoms with Gasteiger partial charge in [-0.2, -0.15) is 11.8 Å². The molecule has 1 aromatic carbocycles. The summed E-state index contributed by atoms with van der Waals surface area (Å²) in [6.45, 7) is 0.729. The highest BCUT2D eigenvalue weighted by molar-refractivity contribution is 7.99. The van der Waals surface area contributed by atoms with Gasteiger partial charge >= 0.3 is 0 Å². The Morgan fingerprint density at radius 2 is 2.28 bits per heavy atom. The van der Waals surface area contributed by atoms with Crippen LogP contribution in [0.3, 0.4) is 0 Å². The van der Waals surface area contributed by atoms with E-state index in [1.807, 2.05) is 17.8 Å². The second kappa shape index (κ2) is 6.43. The molecule has 0 amide bonds. The molecule has 2 nitrogen and oxygen atoms in total. The van der Waals surface area contributed by atoms with Gasteiger partial charge < -0.3 is 10.1 Å². The van der Waals surface area contributed by atoms with Crippen LogP contribution in [0.25, 0.3) is 0 Å². The van der Waals surface area contributed by atoms with Gasteiger partial charge in [0.25, 0.3) is 0 Å². The van der Waals surface area contributed by atoms with Gasteiger partial charge in [0, 0.05) is 17.8 Å². The molecule has 0 spiro atoms. The maximum atomic E-state index is 13.5. The Morgan fingerprint density at radius 1 is 1.44 bits per heavy atom. The van der Waals surface area contributed by atoms with Crippen LogP contribution < -0.4 is 10.1 Å². The predicted molar refractivity (Wildman–Crippen MR) is 74.7 cm³/mol. The molecule has 2 unspecified atom stereocenters. The van der Waals surface area contributed by atoms with Crippen molar-refractivity contribution in [1.82, 2.24) is 5.32 Å². The van der Waals surface area contributed by atoms with Crippen LogP contribution in [-0.4, -0.2) is 24.7 Å². The molecule has 0 aromatic heterocycles. The zero-order chi connectivity index (χ0) is 13.0. The zero-order valence-electron chi connectivity index (χ0n) is 10.9. The van der Waals surface area contributed by atoms with Crippen LogP contribution >= 0.6 is 11.8 Å². The Labute approximate surface area is 112 Å². The molecule has 1 saturated carbocycles. The molecule has 100 valence electrons. The third-order valence-electron chi connectivity index (χ3n) is 3.53. The number of thioether (sulfide) groups is 1. The van der Waals surface area contributed by atoms with Crippen molar-refractivity contribution < 1.29 is 9.13 Å². The van der Waals surface area contributed by atoms with Crippen LogP contribution in [0.2, 0.25) is 0 Å². The van der Waals surface area contributed by atoms with Gasteiger partial charge in [-0.25, -0.2) is 4.39 Å². The van der Waals surface area contributed by atoms with Crippen molar-refractivity contribution in [2.45, 2.75) is 37.1 Å². The summed E-state index contributed by atoms with van der Waals surface area (Å²) >= 11 is 1.95. The van der Waals surface area contributed by atoms with E-state index in [0.29, 0.717) is 11.8 Å². The fourth-order valence-electron chi connectivity index (χ4n) is 2.42. The normalized spacial score (nSPS) is 23.3. The molecule has 1 aromatic rings. The van der Waals surface area contributed by atoms with E-state index in [1.54, 1.807) is 12.1 Å². The minimum Gasteiger partial charge on any atom is -0.494 e. The van der Waals surface area contributed by atoms with E-state index in [-0.39, 0.29) is 5.82 Å². The second-order valence-corrected chi connectivity index (χ2v) is 5.86. The summed E-state index contributed by atoms with van der Waals surface area (Å²) in [4.78, 5) is 0. The van der Waals surface area contributed by atoms with Crippen LogP contribution in [0.15, 0.2) is 18.2 Å². The van der Waals surface area contributed by atoms with Gasteiger partial charge in [0.2, 0.25) is 0 Å². The second-order valence-electron chi connectivity index (χ2n) is 4.72. The SMILES string of the molecule is COc1ccc(CNC2CCC(SC)C2)cc1F. The van der Waals surface area contributed by atoms with E-state index in [9.17, 15) is 4.39 Å². The Kier molecular flexibility index (Phi) is 4.89. The number of halogens is 1. The number of benzene rings is 1. The molecule has 0 radical (unpaired) electrons. The van der Waals surface area contributed by atoms with Gasteiger partial charge in [0.1, 0.15) is 0 Å². The first-order chi connectivity index (χ1) is 8.72. The van der Waals surface area contributed by atoms with Crippen LogP contribution in [0, 0.1) is 5.82 Å². The van der Waals surface area contributed by atoms with E-state index in [4.69, 9.17) is 4.74 Å². The van der Waals surface area contributed by atoms with Crippen LogP contribution in [0.5, 0.6) is 5.75 Å². The minimum atomic E-state index is -0.287. The lowest BCUT2D eigenvalue weighted by Crippen LogP contribution is -2.26. The molecule has 2 atom stereocenters. The lowest BCUT2D eigenvalue weighted by molar-refractivity contribution is 0.386. The van der Waals surface area contributed by atoms with E-state index in [1.165, 1.54) is 26.4 Å². The standard InChI is InChI=1S/C14H20FNOS/c1-17-14-6-3-10(7-13(14)15)9-16-11-4-5-12(8-11)18-2/h3,6-7,11-12,16H,4-5,8-9H2,1-2H3. The molecule has 0 bridgehead atoms. The van der Waals surface area contributed by atoms with Gasteiger partial charge in [-0.1, -0.05) is 6.07 Å². The molecule has 0 aliphatic heterocycles. The summed E-state index contributed by atoms with van der Waals surface area (Å²) < 4.78 is 18.4. The minimum absolute atomic E-state index is 0.287. The van der Waals surface area contributed by atoms with Crippen molar-refractivity contribution in [3.63, 3.8) is 0 Å². The molecule has 1 N–H and O–H groups in total.